The lowest BCUT2D eigenvalue weighted by Crippen LogP contribution is -2.17. The standard InChI is InChI=1S/C10H15N3/c1-7(2)12-10(11)9-6-4-5-8(3)13-9/h4-7H,1-3H3,(H2,11,12). The molecule has 2 N–H and O–H groups in total. The van der Waals surface area contributed by atoms with E-state index in [0.717, 1.165) is 11.4 Å². The summed E-state index contributed by atoms with van der Waals surface area (Å²) in [5, 5.41) is 0. The summed E-state index contributed by atoms with van der Waals surface area (Å²) in [6.45, 7) is 5.91. The van der Waals surface area contributed by atoms with Gasteiger partial charge in [-0.1, -0.05) is 6.07 Å². The van der Waals surface area contributed by atoms with Crippen LogP contribution in [0.4, 0.5) is 0 Å². The Labute approximate surface area is 78.7 Å². The number of nitrogens with two attached hydrogens (primary N) is 1. The summed E-state index contributed by atoms with van der Waals surface area (Å²) < 4.78 is 0. The van der Waals surface area contributed by atoms with E-state index in [4.69, 9.17) is 5.73 Å². The van der Waals surface area contributed by atoms with Crippen LogP contribution in [-0.4, -0.2) is 16.9 Å². The Kier molecular flexibility index (Phi) is 3.01. The number of rotatable bonds is 2. The van der Waals surface area contributed by atoms with E-state index < -0.39 is 0 Å². The van der Waals surface area contributed by atoms with Gasteiger partial charge >= 0.3 is 0 Å². The van der Waals surface area contributed by atoms with Crippen molar-refractivity contribution in [3.63, 3.8) is 0 Å². The van der Waals surface area contributed by atoms with E-state index >= 15 is 0 Å². The van der Waals surface area contributed by atoms with Gasteiger partial charge in [0.25, 0.3) is 0 Å². The molecule has 0 radical (unpaired) electrons. The zero-order valence-electron chi connectivity index (χ0n) is 8.28. The number of aromatic nitrogens is 1. The summed E-state index contributed by atoms with van der Waals surface area (Å²) in [4.78, 5) is 8.49. The number of aliphatic imine (C=N–C) groups is 1. The fraction of sp³-hybridized carbons (Fsp3) is 0.400. The predicted molar refractivity (Wildman–Crippen MR) is 54.8 cm³/mol. The highest BCUT2D eigenvalue weighted by Crippen LogP contribution is 1.99. The minimum Gasteiger partial charge on any atom is -0.382 e. The van der Waals surface area contributed by atoms with E-state index in [0.29, 0.717) is 5.84 Å². The van der Waals surface area contributed by atoms with Crippen molar-refractivity contribution in [1.29, 1.82) is 0 Å². The molecule has 0 bridgehead atoms. The lowest BCUT2D eigenvalue weighted by atomic mass is 10.3. The van der Waals surface area contributed by atoms with E-state index in [2.05, 4.69) is 9.98 Å². The fourth-order valence-corrected chi connectivity index (χ4v) is 1.03. The van der Waals surface area contributed by atoms with Crippen LogP contribution >= 0.6 is 0 Å². The van der Waals surface area contributed by atoms with Crippen LogP contribution in [0.15, 0.2) is 23.2 Å². The highest BCUT2D eigenvalue weighted by molar-refractivity contribution is 5.95. The molecule has 1 rings (SSSR count). The van der Waals surface area contributed by atoms with Gasteiger partial charge < -0.3 is 5.73 Å². The van der Waals surface area contributed by atoms with Crippen LogP contribution in [0.3, 0.4) is 0 Å². The third-order valence-electron chi connectivity index (χ3n) is 1.55. The Morgan fingerprint density at radius 2 is 2.15 bits per heavy atom. The van der Waals surface area contributed by atoms with Crippen molar-refractivity contribution >= 4 is 5.84 Å². The number of hydrogen-bond acceptors (Lipinski definition) is 2. The van der Waals surface area contributed by atoms with Gasteiger partial charge in [0.2, 0.25) is 0 Å². The molecule has 13 heavy (non-hydrogen) atoms. The van der Waals surface area contributed by atoms with Crippen molar-refractivity contribution in [2.75, 3.05) is 0 Å². The molecule has 1 aromatic heterocycles. The maximum Gasteiger partial charge on any atom is 0.144 e. The molecule has 0 saturated heterocycles. The molecule has 3 nitrogen and oxygen atoms in total. The second-order valence-corrected chi connectivity index (χ2v) is 3.27. The second kappa shape index (κ2) is 4.03. The molecule has 0 fully saturated rings. The molecule has 1 aromatic rings. The summed E-state index contributed by atoms with van der Waals surface area (Å²) in [6, 6.07) is 5.95. The van der Waals surface area contributed by atoms with Gasteiger partial charge in [-0.25, -0.2) is 4.98 Å². The van der Waals surface area contributed by atoms with E-state index in [1.807, 2.05) is 39.0 Å². The van der Waals surface area contributed by atoms with Crippen LogP contribution in [0.5, 0.6) is 0 Å². The Bertz CT molecular complexity index is 316. The van der Waals surface area contributed by atoms with Crippen LogP contribution < -0.4 is 5.73 Å². The Morgan fingerprint density at radius 1 is 1.46 bits per heavy atom. The predicted octanol–water partition coefficient (Wildman–Crippen LogP) is 1.50. The minimum atomic E-state index is 0.210. The van der Waals surface area contributed by atoms with Gasteiger partial charge in [-0.2, -0.15) is 0 Å². The topological polar surface area (TPSA) is 51.3 Å². The number of pyridine rings is 1. The minimum absolute atomic E-state index is 0.210. The van der Waals surface area contributed by atoms with E-state index in [9.17, 15) is 0 Å². The Balaban J connectivity index is 2.95. The van der Waals surface area contributed by atoms with Crippen molar-refractivity contribution in [2.24, 2.45) is 10.7 Å². The van der Waals surface area contributed by atoms with E-state index in [1.54, 1.807) is 0 Å². The molecule has 0 saturated carbocycles. The number of nitrogens with zero attached hydrogens (tertiary/aromatic N) is 2. The largest absolute Gasteiger partial charge is 0.382 e. The monoisotopic (exact) mass is 177 g/mol. The van der Waals surface area contributed by atoms with Gasteiger partial charge in [-0.15, -0.1) is 0 Å². The molecule has 0 unspecified atom stereocenters. The highest BCUT2D eigenvalue weighted by atomic mass is 14.9. The molecule has 1 heterocycles. The van der Waals surface area contributed by atoms with E-state index in [1.165, 1.54) is 0 Å². The third-order valence-corrected chi connectivity index (χ3v) is 1.55. The number of aryl methyl sites for hydroxylation is 1. The first kappa shape index (κ1) is 9.71. The van der Waals surface area contributed by atoms with Gasteiger partial charge in [0.05, 0.1) is 0 Å². The van der Waals surface area contributed by atoms with Gasteiger partial charge in [0.15, 0.2) is 0 Å². The summed E-state index contributed by atoms with van der Waals surface area (Å²) >= 11 is 0. The molecule has 0 aliphatic carbocycles. The summed E-state index contributed by atoms with van der Waals surface area (Å²) in [6.07, 6.45) is 0. The maximum atomic E-state index is 5.75. The Morgan fingerprint density at radius 3 is 2.69 bits per heavy atom. The zero-order chi connectivity index (χ0) is 9.84. The molecular formula is C10H15N3. The lowest BCUT2D eigenvalue weighted by Gasteiger charge is -2.02. The average Bonchev–Trinajstić information content (AvgIpc) is 2.03. The maximum absolute atomic E-state index is 5.75. The van der Waals surface area contributed by atoms with Crippen molar-refractivity contribution in [1.82, 2.24) is 4.98 Å². The van der Waals surface area contributed by atoms with Crippen LogP contribution in [0, 0.1) is 6.92 Å². The Hall–Kier alpha value is -1.38. The molecule has 0 atom stereocenters. The molecule has 0 aliphatic rings. The molecular weight excluding hydrogens is 162 g/mol. The van der Waals surface area contributed by atoms with Crippen LogP contribution in [0.1, 0.15) is 25.2 Å². The molecule has 70 valence electrons. The molecule has 0 amide bonds. The molecule has 3 heteroatoms. The quantitative estimate of drug-likeness (QED) is 0.550. The lowest BCUT2D eigenvalue weighted by molar-refractivity contribution is 0.833. The normalized spacial score (nSPS) is 12.2. The second-order valence-electron chi connectivity index (χ2n) is 3.27. The van der Waals surface area contributed by atoms with Gasteiger partial charge in [-0.05, 0) is 32.9 Å². The van der Waals surface area contributed by atoms with Crippen molar-refractivity contribution in [3.8, 4) is 0 Å². The van der Waals surface area contributed by atoms with Crippen LogP contribution in [0.25, 0.3) is 0 Å². The van der Waals surface area contributed by atoms with Gasteiger partial charge in [0.1, 0.15) is 11.5 Å². The SMILES string of the molecule is Cc1cccc(C(N)=NC(C)C)n1. The van der Waals surface area contributed by atoms with Crippen molar-refractivity contribution in [2.45, 2.75) is 26.8 Å². The molecule has 0 aromatic carbocycles. The third kappa shape index (κ3) is 2.86. The average molecular weight is 177 g/mol. The number of hydrogen-bond donors (Lipinski definition) is 1. The fourth-order valence-electron chi connectivity index (χ4n) is 1.03. The van der Waals surface area contributed by atoms with Crippen molar-refractivity contribution < 1.29 is 0 Å². The first-order valence-electron chi connectivity index (χ1n) is 4.37. The van der Waals surface area contributed by atoms with Crippen LogP contribution in [-0.2, 0) is 0 Å². The first-order valence-corrected chi connectivity index (χ1v) is 4.37. The first-order chi connectivity index (χ1) is 6.09. The van der Waals surface area contributed by atoms with E-state index in [-0.39, 0.29) is 6.04 Å². The molecule has 0 aliphatic heterocycles. The summed E-state index contributed by atoms with van der Waals surface area (Å²) in [7, 11) is 0. The van der Waals surface area contributed by atoms with Gasteiger partial charge in [0, 0.05) is 11.7 Å². The molecule has 0 spiro atoms. The number of amidine groups is 1. The zero-order valence-corrected chi connectivity index (χ0v) is 8.28. The van der Waals surface area contributed by atoms with Crippen LogP contribution in [0.2, 0.25) is 0 Å². The summed E-state index contributed by atoms with van der Waals surface area (Å²) in [5.74, 6) is 0.513. The van der Waals surface area contributed by atoms with Gasteiger partial charge in [-0.3, -0.25) is 4.99 Å². The highest BCUT2D eigenvalue weighted by Gasteiger charge is 2.00. The summed E-state index contributed by atoms with van der Waals surface area (Å²) in [5.41, 5.74) is 7.47. The smallest absolute Gasteiger partial charge is 0.144 e. The van der Waals surface area contributed by atoms with Crippen molar-refractivity contribution in [3.05, 3.63) is 29.6 Å².